The van der Waals surface area contributed by atoms with Gasteiger partial charge in [-0.2, -0.15) is 0 Å². The van der Waals surface area contributed by atoms with E-state index in [0.717, 1.165) is 37.7 Å². The summed E-state index contributed by atoms with van der Waals surface area (Å²) in [6.45, 7) is 4.85. The second-order valence-corrected chi connectivity index (χ2v) is 8.37. The molecule has 0 aliphatic rings. The zero-order valence-electron chi connectivity index (χ0n) is 18.9. The smallest absolute Gasteiger partial charge is 0.328 e. The third kappa shape index (κ3) is 8.95. The van der Waals surface area contributed by atoms with Gasteiger partial charge in [-0.05, 0) is 18.4 Å². The minimum absolute atomic E-state index is 0.0475. The Morgan fingerprint density at radius 1 is 0.903 bits per heavy atom. The number of aryl methyl sites for hydroxylation is 1. The monoisotopic (exact) mass is 428 g/mol. The molecule has 0 radical (unpaired) electrons. The van der Waals surface area contributed by atoms with Gasteiger partial charge in [-0.25, -0.2) is 4.79 Å². The molecule has 170 valence electrons. The lowest BCUT2D eigenvalue weighted by Crippen LogP contribution is -2.30. The summed E-state index contributed by atoms with van der Waals surface area (Å²) in [5.41, 5.74) is 0.657. The van der Waals surface area contributed by atoms with Crippen molar-refractivity contribution in [3.8, 4) is 11.1 Å². The van der Waals surface area contributed by atoms with E-state index in [9.17, 15) is 14.4 Å². The normalized spacial score (nSPS) is 11.1. The molecule has 0 amide bonds. The number of nitrogens with zero attached hydrogens (tertiary/aromatic N) is 1. The van der Waals surface area contributed by atoms with Crippen molar-refractivity contribution in [3.05, 3.63) is 57.4 Å². The lowest BCUT2D eigenvalue weighted by Gasteiger charge is -2.08. The van der Waals surface area contributed by atoms with E-state index in [-0.39, 0.29) is 23.1 Å². The van der Waals surface area contributed by atoms with Gasteiger partial charge in [0.05, 0.1) is 18.1 Å². The Kier molecular flexibility index (Phi) is 10.8. The predicted molar refractivity (Wildman–Crippen MR) is 124 cm³/mol. The standard InChI is InChI=1S/C25H36N2O4/c1-20(2)24(29)31-18-14-9-7-5-3-4-6-8-13-17-27-19-22(23(28)26-25(27)30)21-15-11-10-12-16-21/h10-12,15-16,19-20H,3-9,13-14,17-18H2,1-2H3,(H,26,28,30). The number of hydrogen-bond acceptors (Lipinski definition) is 4. The summed E-state index contributed by atoms with van der Waals surface area (Å²) in [5, 5.41) is 0. The molecule has 0 saturated heterocycles. The van der Waals surface area contributed by atoms with E-state index in [1.54, 1.807) is 10.8 Å². The molecule has 0 aliphatic carbocycles. The number of unbranched alkanes of at least 4 members (excludes halogenated alkanes) is 8. The van der Waals surface area contributed by atoms with Crippen molar-refractivity contribution in [2.75, 3.05) is 6.61 Å². The molecule has 0 unspecified atom stereocenters. The second kappa shape index (κ2) is 13.6. The van der Waals surface area contributed by atoms with Crippen molar-refractivity contribution in [2.45, 2.75) is 78.2 Å². The highest BCUT2D eigenvalue weighted by atomic mass is 16.5. The van der Waals surface area contributed by atoms with Crippen LogP contribution in [-0.2, 0) is 16.1 Å². The average Bonchev–Trinajstić information content (AvgIpc) is 2.76. The summed E-state index contributed by atoms with van der Waals surface area (Å²) in [6, 6.07) is 9.41. The summed E-state index contributed by atoms with van der Waals surface area (Å²) in [7, 11) is 0. The zero-order chi connectivity index (χ0) is 22.5. The van der Waals surface area contributed by atoms with Crippen molar-refractivity contribution in [2.24, 2.45) is 5.92 Å². The molecule has 0 bridgehead atoms. The molecular formula is C25H36N2O4. The van der Waals surface area contributed by atoms with Crippen LogP contribution in [0.2, 0.25) is 0 Å². The second-order valence-electron chi connectivity index (χ2n) is 8.37. The zero-order valence-corrected chi connectivity index (χ0v) is 18.9. The van der Waals surface area contributed by atoms with E-state index >= 15 is 0 Å². The van der Waals surface area contributed by atoms with Gasteiger partial charge in [-0.1, -0.05) is 89.1 Å². The highest BCUT2D eigenvalue weighted by Crippen LogP contribution is 2.14. The van der Waals surface area contributed by atoms with Crippen LogP contribution in [0.5, 0.6) is 0 Å². The first-order valence-electron chi connectivity index (χ1n) is 11.5. The maximum Gasteiger partial charge on any atom is 0.328 e. The molecule has 0 atom stereocenters. The van der Waals surface area contributed by atoms with Gasteiger partial charge in [0.1, 0.15) is 0 Å². The van der Waals surface area contributed by atoms with E-state index in [0.29, 0.717) is 18.7 Å². The van der Waals surface area contributed by atoms with Crippen LogP contribution < -0.4 is 11.2 Å². The number of aromatic amines is 1. The number of esters is 1. The van der Waals surface area contributed by atoms with Gasteiger partial charge in [0.25, 0.3) is 5.56 Å². The average molecular weight is 429 g/mol. The highest BCUT2D eigenvalue weighted by molar-refractivity contribution is 5.71. The summed E-state index contributed by atoms with van der Waals surface area (Å²) >= 11 is 0. The van der Waals surface area contributed by atoms with Crippen molar-refractivity contribution in [3.63, 3.8) is 0 Å². The van der Waals surface area contributed by atoms with Gasteiger partial charge in [0, 0.05) is 12.7 Å². The molecule has 2 rings (SSSR count). The lowest BCUT2D eigenvalue weighted by molar-refractivity contribution is -0.147. The molecule has 31 heavy (non-hydrogen) atoms. The molecule has 1 aromatic heterocycles. The number of rotatable bonds is 14. The summed E-state index contributed by atoms with van der Waals surface area (Å²) in [6.07, 6.45) is 11.6. The largest absolute Gasteiger partial charge is 0.465 e. The van der Waals surface area contributed by atoms with Crippen LogP contribution in [0.25, 0.3) is 11.1 Å². The molecular weight excluding hydrogens is 392 g/mol. The van der Waals surface area contributed by atoms with E-state index in [1.165, 1.54) is 25.7 Å². The summed E-state index contributed by atoms with van der Waals surface area (Å²) in [4.78, 5) is 38.0. The van der Waals surface area contributed by atoms with Crippen LogP contribution in [0.1, 0.15) is 71.6 Å². The minimum atomic E-state index is -0.344. The van der Waals surface area contributed by atoms with Crippen LogP contribution in [-0.4, -0.2) is 22.1 Å². The highest BCUT2D eigenvalue weighted by Gasteiger charge is 2.08. The van der Waals surface area contributed by atoms with Gasteiger partial charge in [0.2, 0.25) is 0 Å². The third-order valence-corrected chi connectivity index (χ3v) is 5.35. The fourth-order valence-electron chi connectivity index (χ4n) is 3.46. The molecule has 1 heterocycles. The third-order valence-electron chi connectivity index (χ3n) is 5.35. The number of benzene rings is 1. The Morgan fingerprint density at radius 3 is 2.10 bits per heavy atom. The SMILES string of the molecule is CC(C)C(=O)OCCCCCCCCCCCn1cc(-c2ccccc2)c(=O)[nH]c1=O. The Bertz CT molecular complexity index is 900. The fourth-order valence-corrected chi connectivity index (χ4v) is 3.46. The van der Waals surface area contributed by atoms with Crippen LogP contribution in [0.15, 0.2) is 46.1 Å². The summed E-state index contributed by atoms with van der Waals surface area (Å²) in [5.74, 6) is -0.158. The quantitative estimate of drug-likeness (QED) is 0.342. The first-order valence-corrected chi connectivity index (χ1v) is 11.5. The predicted octanol–water partition coefficient (Wildman–Crippen LogP) is 4.91. The van der Waals surface area contributed by atoms with Gasteiger partial charge in [-0.3, -0.25) is 19.1 Å². The molecule has 0 fully saturated rings. The first-order chi connectivity index (χ1) is 15.0. The Labute approximate surface area is 184 Å². The minimum Gasteiger partial charge on any atom is -0.465 e. The van der Waals surface area contributed by atoms with Crippen molar-refractivity contribution in [1.29, 1.82) is 0 Å². The summed E-state index contributed by atoms with van der Waals surface area (Å²) < 4.78 is 6.78. The van der Waals surface area contributed by atoms with Gasteiger partial charge < -0.3 is 4.74 Å². The molecule has 0 spiro atoms. The van der Waals surface area contributed by atoms with E-state index < -0.39 is 0 Å². The molecule has 1 aromatic carbocycles. The van der Waals surface area contributed by atoms with Gasteiger partial charge >= 0.3 is 11.7 Å². The van der Waals surface area contributed by atoms with Gasteiger partial charge in [-0.15, -0.1) is 0 Å². The van der Waals surface area contributed by atoms with E-state index in [4.69, 9.17) is 4.74 Å². The molecule has 6 nitrogen and oxygen atoms in total. The molecule has 2 aromatic rings. The Hall–Kier alpha value is -2.63. The fraction of sp³-hybridized carbons (Fsp3) is 0.560. The Balaban J connectivity index is 1.58. The number of hydrogen-bond donors (Lipinski definition) is 1. The number of H-pyrrole nitrogens is 1. The van der Waals surface area contributed by atoms with Crippen molar-refractivity contribution < 1.29 is 9.53 Å². The van der Waals surface area contributed by atoms with Crippen LogP contribution in [0.4, 0.5) is 0 Å². The maximum absolute atomic E-state index is 12.1. The van der Waals surface area contributed by atoms with Crippen LogP contribution >= 0.6 is 0 Å². The molecule has 0 aliphatic heterocycles. The van der Waals surface area contributed by atoms with Crippen LogP contribution in [0.3, 0.4) is 0 Å². The lowest BCUT2D eigenvalue weighted by atomic mass is 10.1. The van der Waals surface area contributed by atoms with E-state index in [2.05, 4.69) is 4.98 Å². The number of carbonyl (C=O) groups excluding carboxylic acids is 1. The molecule has 0 saturated carbocycles. The first kappa shape index (κ1) is 24.6. The number of aromatic nitrogens is 2. The van der Waals surface area contributed by atoms with Crippen molar-refractivity contribution in [1.82, 2.24) is 9.55 Å². The molecule has 1 N–H and O–H groups in total. The van der Waals surface area contributed by atoms with Gasteiger partial charge in [0.15, 0.2) is 0 Å². The topological polar surface area (TPSA) is 81.2 Å². The number of nitrogens with one attached hydrogen (secondary N) is 1. The molecule has 6 heteroatoms. The van der Waals surface area contributed by atoms with E-state index in [1.807, 2.05) is 44.2 Å². The number of ether oxygens (including phenoxy) is 1. The Morgan fingerprint density at radius 2 is 1.48 bits per heavy atom. The van der Waals surface area contributed by atoms with Crippen LogP contribution in [0, 0.1) is 5.92 Å². The number of carbonyl (C=O) groups is 1. The maximum atomic E-state index is 12.1. The van der Waals surface area contributed by atoms with Crippen molar-refractivity contribution >= 4 is 5.97 Å².